The normalized spacial score (nSPS) is 10.2. The van der Waals surface area contributed by atoms with Gasteiger partial charge in [-0.1, -0.05) is 17.7 Å². The molecule has 0 fully saturated rings. The van der Waals surface area contributed by atoms with E-state index in [1.54, 1.807) is 6.07 Å². The molecule has 0 aliphatic rings. The number of rotatable bonds is 5. The number of halogens is 1. The topological polar surface area (TPSA) is 81.5 Å². The number of ether oxygens (including phenoxy) is 1. The van der Waals surface area contributed by atoms with Gasteiger partial charge in [0.2, 0.25) is 0 Å². The van der Waals surface area contributed by atoms with Crippen molar-refractivity contribution in [3.8, 4) is 5.75 Å². The highest BCUT2D eigenvalue weighted by Gasteiger charge is 2.13. The maximum Gasteiger partial charge on any atom is 0.271 e. The zero-order valence-corrected chi connectivity index (χ0v) is 12.6. The SMILES string of the molecule is Cc1ccc(OCC(=O)Nc2cc([N+](=O)[O-])ccc2F)c(C)c1. The van der Waals surface area contributed by atoms with Crippen LogP contribution >= 0.6 is 0 Å². The Morgan fingerprint density at radius 3 is 2.65 bits per heavy atom. The summed E-state index contributed by atoms with van der Waals surface area (Å²) in [7, 11) is 0. The van der Waals surface area contributed by atoms with Crippen LogP contribution in [0.15, 0.2) is 36.4 Å². The van der Waals surface area contributed by atoms with E-state index in [9.17, 15) is 19.3 Å². The summed E-state index contributed by atoms with van der Waals surface area (Å²) in [5.41, 5.74) is 1.38. The maximum absolute atomic E-state index is 13.6. The molecule has 0 aromatic heterocycles. The first kappa shape index (κ1) is 16.4. The van der Waals surface area contributed by atoms with Crippen molar-refractivity contribution in [3.05, 3.63) is 63.5 Å². The summed E-state index contributed by atoms with van der Waals surface area (Å²) in [4.78, 5) is 21.8. The van der Waals surface area contributed by atoms with Gasteiger partial charge in [0.25, 0.3) is 11.6 Å². The van der Waals surface area contributed by atoms with Gasteiger partial charge in [0.15, 0.2) is 6.61 Å². The van der Waals surface area contributed by atoms with Gasteiger partial charge in [0.05, 0.1) is 10.6 Å². The molecule has 0 spiro atoms. The lowest BCUT2D eigenvalue weighted by Gasteiger charge is -2.10. The zero-order valence-electron chi connectivity index (χ0n) is 12.6. The van der Waals surface area contributed by atoms with E-state index in [1.165, 1.54) is 0 Å². The lowest BCUT2D eigenvalue weighted by Crippen LogP contribution is -2.21. The fourth-order valence-corrected chi connectivity index (χ4v) is 2.01. The fraction of sp³-hybridized carbons (Fsp3) is 0.188. The average molecular weight is 318 g/mol. The Morgan fingerprint density at radius 2 is 2.00 bits per heavy atom. The van der Waals surface area contributed by atoms with Crippen molar-refractivity contribution in [2.75, 3.05) is 11.9 Å². The Bertz CT molecular complexity index is 762. The summed E-state index contributed by atoms with van der Waals surface area (Å²) in [6, 6.07) is 8.42. The number of carbonyl (C=O) groups excluding carboxylic acids is 1. The molecule has 7 heteroatoms. The first-order chi connectivity index (χ1) is 10.9. The molecule has 23 heavy (non-hydrogen) atoms. The molecule has 0 aliphatic heterocycles. The van der Waals surface area contributed by atoms with Crippen molar-refractivity contribution < 1.29 is 18.8 Å². The third-order valence-electron chi connectivity index (χ3n) is 3.12. The zero-order chi connectivity index (χ0) is 17.0. The molecule has 0 saturated carbocycles. The Morgan fingerprint density at radius 1 is 1.26 bits per heavy atom. The molecule has 6 nitrogen and oxygen atoms in total. The van der Waals surface area contributed by atoms with Crippen LogP contribution in [0.25, 0.3) is 0 Å². The van der Waals surface area contributed by atoms with Crippen LogP contribution in [0.4, 0.5) is 15.8 Å². The van der Waals surface area contributed by atoms with E-state index in [-0.39, 0.29) is 18.0 Å². The van der Waals surface area contributed by atoms with Crippen LogP contribution in [-0.4, -0.2) is 17.4 Å². The first-order valence-electron chi connectivity index (χ1n) is 6.80. The first-order valence-corrected chi connectivity index (χ1v) is 6.80. The average Bonchev–Trinajstić information content (AvgIpc) is 2.48. The number of amides is 1. The smallest absolute Gasteiger partial charge is 0.271 e. The molecule has 1 N–H and O–H groups in total. The molecule has 0 aliphatic carbocycles. The van der Waals surface area contributed by atoms with Crippen molar-refractivity contribution in [1.82, 2.24) is 0 Å². The largest absolute Gasteiger partial charge is 0.483 e. The molecule has 2 aromatic rings. The minimum atomic E-state index is -0.754. The van der Waals surface area contributed by atoms with Crippen LogP contribution in [-0.2, 0) is 4.79 Å². The molecule has 120 valence electrons. The number of hydrogen-bond acceptors (Lipinski definition) is 4. The molecule has 0 saturated heterocycles. The number of non-ortho nitro benzene ring substituents is 1. The van der Waals surface area contributed by atoms with Crippen LogP contribution in [0.3, 0.4) is 0 Å². The molecule has 0 unspecified atom stereocenters. The monoisotopic (exact) mass is 318 g/mol. The summed E-state index contributed by atoms with van der Waals surface area (Å²) < 4.78 is 19.0. The number of nitro benzene ring substituents is 1. The highest BCUT2D eigenvalue weighted by atomic mass is 19.1. The van der Waals surface area contributed by atoms with Gasteiger partial charge in [-0.2, -0.15) is 0 Å². The summed E-state index contributed by atoms with van der Waals surface area (Å²) in [5.74, 6) is -0.815. The standard InChI is InChI=1S/C16H15FN2O4/c1-10-3-6-15(11(2)7-10)23-9-16(20)18-14-8-12(19(21)22)4-5-13(14)17/h3-8H,9H2,1-2H3,(H,18,20). The number of anilines is 1. The Hall–Kier alpha value is -2.96. The number of nitrogens with one attached hydrogen (secondary N) is 1. The van der Waals surface area contributed by atoms with Crippen molar-refractivity contribution in [1.29, 1.82) is 0 Å². The van der Waals surface area contributed by atoms with Gasteiger partial charge < -0.3 is 10.1 Å². The number of hydrogen-bond donors (Lipinski definition) is 1. The lowest BCUT2D eigenvalue weighted by atomic mass is 10.1. The van der Waals surface area contributed by atoms with E-state index in [0.717, 1.165) is 29.3 Å². The predicted molar refractivity (Wildman–Crippen MR) is 83.1 cm³/mol. The van der Waals surface area contributed by atoms with E-state index in [2.05, 4.69) is 5.32 Å². The van der Waals surface area contributed by atoms with Gasteiger partial charge in [0.1, 0.15) is 11.6 Å². The van der Waals surface area contributed by atoms with Gasteiger partial charge in [0, 0.05) is 12.1 Å². The van der Waals surface area contributed by atoms with Gasteiger partial charge in [-0.3, -0.25) is 14.9 Å². The van der Waals surface area contributed by atoms with Gasteiger partial charge >= 0.3 is 0 Å². The van der Waals surface area contributed by atoms with Crippen LogP contribution in [0.1, 0.15) is 11.1 Å². The highest BCUT2D eigenvalue weighted by Crippen LogP contribution is 2.22. The molecule has 0 bridgehead atoms. The van der Waals surface area contributed by atoms with Gasteiger partial charge in [-0.25, -0.2) is 4.39 Å². The fourth-order valence-electron chi connectivity index (χ4n) is 2.01. The highest BCUT2D eigenvalue weighted by molar-refractivity contribution is 5.92. The number of carbonyl (C=O) groups is 1. The summed E-state index contributed by atoms with van der Waals surface area (Å²) in [5, 5.41) is 12.9. The Balaban J connectivity index is 2.02. The summed E-state index contributed by atoms with van der Waals surface area (Å²) in [6.07, 6.45) is 0. The molecule has 0 radical (unpaired) electrons. The van der Waals surface area contributed by atoms with Gasteiger partial charge in [-0.05, 0) is 31.5 Å². The van der Waals surface area contributed by atoms with E-state index < -0.39 is 16.6 Å². The van der Waals surface area contributed by atoms with Crippen molar-refractivity contribution in [2.45, 2.75) is 13.8 Å². The summed E-state index contributed by atoms with van der Waals surface area (Å²) >= 11 is 0. The van der Waals surface area contributed by atoms with Crippen molar-refractivity contribution in [3.63, 3.8) is 0 Å². The van der Waals surface area contributed by atoms with E-state index >= 15 is 0 Å². The number of aryl methyl sites for hydroxylation is 2. The predicted octanol–water partition coefficient (Wildman–Crippen LogP) is 3.37. The number of benzene rings is 2. The van der Waals surface area contributed by atoms with E-state index in [0.29, 0.717) is 5.75 Å². The van der Waals surface area contributed by atoms with Crippen LogP contribution in [0, 0.1) is 29.8 Å². The van der Waals surface area contributed by atoms with Crippen LogP contribution in [0.5, 0.6) is 5.75 Å². The van der Waals surface area contributed by atoms with Crippen molar-refractivity contribution in [2.24, 2.45) is 0 Å². The molecule has 0 atom stereocenters. The Kier molecular flexibility index (Phi) is 4.90. The quantitative estimate of drug-likeness (QED) is 0.677. The Labute approximate surface area is 132 Å². The van der Waals surface area contributed by atoms with E-state index in [4.69, 9.17) is 4.74 Å². The molecule has 2 rings (SSSR count). The van der Waals surface area contributed by atoms with Crippen molar-refractivity contribution >= 4 is 17.3 Å². The summed E-state index contributed by atoms with van der Waals surface area (Å²) in [6.45, 7) is 3.46. The molecular formula is C16H15FN2O4. The molecule has 1 amide bonds. The third-order valence-corrected chi connectivity index (χ3v) is 3.12. The lowest BCUT2D eigenvalue weighted by molar-refractivity contribution is -0.384. The minimum Gasteiger partial charge on any atom is -0.483 e. The third kappa shape index (κ3) is 4.26. The number of nitro groups is 1. The second kappa shape index (κ2) is 6.87. The number of nitrogens with zero attached hydrogens (tertiary/aromatic N) is 1. The maximum atomic E-state index is 13.6. The molecule has 2 aromatic carbocycles. The van der Waals surface area contributed by atoms with Gasteiger partial charge in [-0.15, -0.1) is 0 Å². The van der Waals surface area contributed by atoms with Crippen LogP contribution in [0.2, 0.25) is 0 Å². The van der Waals surface area contributed by atoms with Crippen LogP contribution < -0.4 is 10.1 Å². The molecular weight excluding hydrogens is 303 g/mol. The minimum absolute atomic E-state index is 0.256. The second-order valence-corrected chi connectivity index (χ2v) is 5.03. The van der Waals surface area contributed by atoms with E-state index in [1.807, 2.05) is 26.0 Å². The molecule has 0 heterocycles. The second-order valence-electron chi connectivity index (χ2n) is 5.03.